The summed E-state index contributed by atoms with van der Waals surface area (Å²) in [6.07, 6.45) is 7.44. The van der Waals surface area contributed by atoms with E-state index >= 15 is 0 Å². The Kier molecular flexibility index (Phi) is 4.37. The topological polar surface area (TPSA) is 82.5 Å². The summed E-state index contributed by atoms with van der Waals surface area (Å²) in [7, 11) is 0. The summed E-state index contributed by atoms with van der Waals surface area (Å²) in [6, 6.07) is 3.14. The van der Waals surface area contributed by atoms with Crippen molar-refractivity contribution in [1.29, 1.82) is 0 Å². The van der Waals surface area contributed by atoms with Crippen LogP contribution in [0.3, 0.4) is 0 Å². The molecule has 1 saturated carbocycles. The van der Waals surface area contributed by atoms with Crippen LogP contribution < -0.4 is 5.32 Å². The summed E-state index contributed by atoms with van der Waals surface area (Å²) in [4.78, 5) is 14.7. The third-order valence-corrected chi connectivity index (χ3v) is 3.64. The maximum absolute atomic E-state index is 10.7. The maximum Gasteiger partial charge on any atom is 0.337 e. The van der Waals surface area contributed by atoms with E-state index in [1.807, 2.05) is 0 Å². The molecular formula is C14H20N2O3. The molecule has 0 atom stereocenters. The second-order valence-electron chi connectivity index (χ2n) is 5.23. The largest absolute Gasteiger partial charge is 0.478 e. The molecule has 0 bridgehead atoms. The van der Waals surface area contributed by atoms with Gasteiger partial charge in [-0.1, -0.05) is 25.7 Å². The molecule has 1 aliphatic carbocycles. The van der Waals surface area contributed by atoms with Crippen molar-refractivity contribution in [2.75, 3.05) is 11.9 Å². The Labute approximate surface area is 112 Å². The van der Waals surface area contributed by atoms with Crippen molar-refractivity contribution >= 4 is 11.8 Å². The summed E-state index contributed by atoms with van der Waals surface area (Å²) >= 11 is 0. The third-order valence-electron chi connectivity index (χ3n) is 3.64. The van der Waals surface area contributed by atoms with Crippen LogP contribution in [-0.4, -0.2) is 33.3 Å². The molecule has 2 rings (SSSR count). The van der Waals surface area contributed by atoms with Crippen molar-refractivity contribution in [3.63, 3.8) is 0 Å². The summed E-state index contributed by atoms with van der Waals surface area (Å²) in [5.74, 6) is -0.385. The average Bonchev–Trinajstić information content (AvgIpc) is 2.62. The van der Waals surface area contributed by atoms with E-state index in [0.717, 1.165) is 25.7 Å². The summed E-state index contributed by atoms with van der Waals surface area (Å²) in [5, 5.41) is 22.3. The van der Waals surface area contributed by atoms with E-state index in [2.05, 4.69) is 10.3 Å². The number of nitrogens with one attached hydrogen (secondary N) is 1. The molecule has 1 aromatic heterocycles. The lowest BCUT2D eigenvalue weighted by Crippen LogP contribution is -2.36. The molecular weight excluding hydrogens is 244 g/mol. The Morgan fingerprint density at radius 3 is 2.47 bits per heavy atom. The van der Waals surface area contributed by atoms with Crippen LogP contribution in [0.1, 0.15) is 48.9 Å². The average molecular weight is 264 g/mol. The van der Waals surface area contributed by atoms with E-state index in [1.54, 1.807) is 6.07 Å². The normalized spacial score (nSPS) is 18.6. The van der Waals surface area contributed by atoms with Crippen molar-refractivity contribution < 1.29 is 15.0 Å². The van der Waals surface area contributed by atoms with Crippen LogP contribution in [0.15, 0.2) is 18.3 Å². The van der Waals surface area contributed by atoms with Gasteiger partial charge in [-0.2, -0.15) is 0 Å². The Morgan fingerprint density at radius 2 is 1.95 bits per heavy atom. The van der Waals surface area contributed by atoms with E-state index < -0.39 is 11.6 Å². The number of aromatic carboxylic acids is 1. The molecule has 104 valence electrons. The molecule has 1 fully saturated rings. The Hall–Kier alpha value is -1.62. The van der Waals surface area contributed by atoms with E-state index in [0.29, 0.717) is 12.4 Å². The monoisotopic (exact) mass is 264 g/mol. The molecule has 0 radical (unpaired) electrons. The minimum Gasteiger partial charge on any atom is -0.478 e. The highest BCUT2D eigenvalue weighted by Crippen LogP contribution is 2.27. The number of hydrogen-bond acceptors (Lipinski definition) is 4. The number of carboxylic acid groups (broad SMARTS) is 1. The second kappa shape index (κ2) is 6.02. The molecule has 0 unspecified atom stereocenters. The Balaban J connectivity index is 1.92. The number of nitrogens with zero attached hydrogens (tertiary/aromatic N) is 1. The number of carboxylic acids is 1. The van der Waals surface area contributed by atoms with Crippen LogP contribution in [-0.2, 0) is 0 Å². The number of aromatic nitrogens is 1. The number of rotatable bonds is 4. The molecule has 0 amide bonds. The van der Waals surface area contributed by atoms with Gasteiger partial charge in [-0.3, -0.25) is 0 Å². The van der Waals surface area contributed by atoms with Gasteiger partial charge in [-0.15, -0.1) is 0 Å². The van der Waals surface area contributed by atoms with Crippen molar-refractivity contribution in [2.45, 2.75) is 44.1 Å². The van der Waals surface area contributed by atoms with Gasteiger partial charge >= 0.3 is 5.97 Å². The molecule has 3 N–H and O–H groups in total. The predicted molar refractivity (Wildman–Crippen MR) is 72.3 cm³/mol. The summed E-state index contributed by atoms with van der Waals surface area (Å²) in [6.45, 7) is 0.465. The number of aliphatic hydroxyl groups is 1. The van der Waals surface area contributed by atoms with Crippen molar-refractivity contribution in [2.24, 2.45) is 0 Å². The first-order valence-electron chi connectivity index (χ1n) is 6.75. The molecule has 0 saturated heterocycles. The maximum atomic E-state index is 10.7. The van der Waals surface area contributed by atoms with Gasteiger partial charge in [0.2, 0.25) is 0 Å². The second-order valence-corrected chi connectivity index (χ2v) is 5.23. The fourth-order valence-corrected chi connectivity index (χ4v) is 2.44. The first-order valence-corrected chi connectivity index (χ1v) is 6.75. The standard InChI is InChI=1S/C14H20N2O3/c17-13(18)11-5-6-12(15-9-11)16-10-14(19)7-3-1-2-4-8-14/h5-6,9,19H,1-4,7-8,10H2,(H,15,16)(H,17,18). The van der Waals surface area contributed by atoms with Gasteiger partial charge in [0.15, 0.2) is 0 Å². The fraction of sp³-hybridized carbons (Fsp3) is 0.571. The van der Waals surface area contributed by atoms with Crippen LogP contribution in [0.4, 0.5) is 5.82 Å². The number of hydrogen-bond donors (Lipinski definition) is 3. The van der Waals surface area contributed by atoms with E-state index in [9.17, 15) is 9.90 Å². The fourth-order valence-electron chi connectivity index (χ4n) is 2.44. The summed E-state index contributed by atoms with van der Waals surface area (Å²) < 4.78 is 0. The van der Waals surface area contributed by atoms with E-state index in [4.69, 9.17) is 5.11 Å². The molecule has 1 aromatic rings. The molecule has 1 aliphatic rings. The Morgan fingerprint density at radius 1 is 1.26 bits per heavy atom. The highest BCUT2D eigenvalue weighted by atomic mass is 16.4. The highest BCUT2D eigenvalue weighted by Gasteiger charge is 2.27. The molecule has 1 heterocycles. The molecule has 0 spiro atoms. The molecule has 5 heteroatoms. The predicted octanol–water partition coefficient (Wildman–Crippen LogP) is 2.28. The number of anilines is 1. The first-order chi connectivity index (χ1) is 9.09. The van der Waals surface area contributed by atoms with Crippen molar-refractivity contribution in [3.05, 3.63) is 23.9 Å². The highest BCUT2D eigenvalue weighted by molar-refractivity contribution is 5.87. The van der Waals surface area contributed by atoms with Gasteiger partial charge in [-0.05, 0) is 25.0 Å². The van der Waals surface area contributed by atoms with E-state index in [-0.39, 0.29) is 5.56 Å². The van der Waals surface area contributed by atoms with Crippen LogP contribution in [0.25, 0.3) is 0 Å². The lowest BCUT2D eigenvalue weighted by atomic mass is 9.94. The molecule has 5 nitrogen and oxygen atoms in total. The van der Waals surface area contributed by atoms with Gasteiger partial charge < -0.3 is 15.5 Å². The van der Waals surface area contributed by atoms with Crippen LogP contribution >= 0.6 is 0 Å². The zero-order chi connectivity index (χ0) is 13.7. The smallest absolute Gasteiger partial charge is 0.337 e. The Bertz CT molecular complexity index is 423. The van der Waals surface area contributed by atoms with Crippen LogP contribution in [0.2, 0.25) is 0 Å². The van der Waals surface area contributed by atoms with Gasteiger partial charge in [-0.25, -0.2) is 9.78 Å². The van der Waals surface area contributed by atoms with Gasteiger partial charge in [0.25, 0.3) is 0 Å². The minimum atomic E-state index is -0.985. The minimum absolute atomic E-state index is 0.165. The van der Waals surface area contributed by atoms with Gasteiger partial charge in [0.05, 0.1) is 11.2 Å². The van der Waals surface area contributed by atoms with Gasteiger partial charge in [0, 0.05) is 12.7 Å². The SMILES string of the molecule is O=C(O)c1ccc(NCC2(O)CCCCCC2)nc1. The number of pyridine rings is 1. The molecule has 0 aliphatic heterocycles. The summed E-state index contributed by atoms with van der Waals surface area (Å²) in [5.41, 5.74) is -0.498. The van der Waals surface area contributed by atoms with Gasteiger partial charge in [0.1, 0.15) is 5.82 Å². The lowest BCUT2D eigenvalue weighted by Gasteiger charge is -2.27. The first kappa shape index (κ1) is 13.8. The quantitative estimate of drug-likeness (QED) is 0.727. The van der Waals surface area contributed by atoms with Crippen molar-refractivity contribution in [1.82, 2.24) is 4.98 Å². The zero-order valence-electron chi connectivity index (χ0n) is 10.9. The number of carbonyl (C=O) groups is 1. The molecule has 0 aromatic carbocycles. The van der Waals surface area contributed by atoms with Crippen LogP contribution in [0, 0.1) is 0 Å². The van der Waals surface area contributed by atoms with Crippen molar-refractivity contribution in [3.8, 4) is 0 Å². The molecule has 19 heavy (non-hydrogen) atoms. The van der Waals surface area contributed by atoms with E-state index in [1.165, 1.54) is 25.1 Å². The lowest BCUT2D eigenvalue weighted by molar-refractivity contribution is 0.0380. The van der Waals surface area contributed by atoms with Crippen LogP contribution in [0.5, 0.6) is 0 Å². The zero-order valence-corrected chi connectivity index (χ0v) is 10.9. The third kappa shape index (κ3) is 3.92.